The molecule has 0 aliphatic carbocycles. The number of fused-ring (bicyclic) bond motifs is 1. The average molecular weight is 307 g/mol. The standard InChI is InChI=1S/C15H19BrN2/c1-3-9-17-13(4-2)15-12(16)10-11-7-5-6-8-14(11)18-15/h5-8,10,13,17H,3-4,9H2,1-2H3. The fourth-order valence-corrected chi connectivity index (χ4v) is 2.71. The van der Waals surface area contributed by atoms with Crippen LogP contribution in [0.25, 0.3) is 10.9 Å². The van der Waals surface area contributed by atoms with Crippen LogP contribution in [0.2, 0.25) is 0 Å². The van der Waals surface area contributed by atoms with E-state index in [0.717, 1.165) is 35.1 Å². The fourth-order valence-electron chi connectivity index (χ4n) is 2.10. The van der Waals surface area contributed by atoms with Crippen LogP contribution < -0.4 is 5.32 Å². The van der Waals surface area contributed by atoms with Gasteiger partial charge in [0.2, 0.25) is 0 Å². The summed E-state index contributed by atoms with van der Waals surface area (Å²) in [7, 11) is 0. The van der Waals surface area contributed by atoms with Crippen LogP contribution in [-0.2, 0) is 0 Å². The molecule has 0 saturated heterocycles. The molecule has 1 unspecified atom stereocenters. The van der Waals surface area contributed by atoms with E-state index < -0.39 is 0 Å². The Morgan fingerprint density at radius 1 is 1.28 bits per heavy atom. The van der Waals surface area contributed by atoms with Gasteiger partial charge in [-0.05, 0) is 47.4 Å². The molecule has 0 spiro atoms. The van der Waals surface area contributed by atoms with Gasteiger partial charge in [0.05, 0.1) is 17.3 Å². The van der Waals surface area contributed by atoms with E-state index in [1.165, 1.54) is 5.39 Å². The predicted molar refractivity (Wildman–Crippen MR) is 80.8 cm³/mol. The number of halogens is 1. The number of nitrogens with one attached hydrogen (secondary N) is 1. The van der Waals surface area contributed by atoms with Crippen molar-refractivity contribution >= 4 is 26.8 Å². The second-order valence-electron chi connectivity index (χ2n) is 4.46. The smallest absolute Gasteiger partial charge is 0.0722 e. The van der Waals surface area contributed by atoms with E-state index in [0.29, 0.717) is 6.04 Å². The van der Waals surface area contributed by atoms with Gasteiger partial charge in [0, 0.05) is 9.86 Å². The zero-order chi connectivity index (χ0) is 13.0. The van der Waals surface area contributed by atoms with Gasteiger partial charge < -0.3 is 5.32 Å². The Morgan fingerprint density at radius 3 is 2.78 bits per heavy atom. The van der Waals surface area contributed by atoms with Gasteiger partial charge in [0.15, 0.2) is 0 Å². The van der Waals surface area contributed by atoms with Crippen molar-refractivity contribution in [2.45, 2.75) is 32.7 Å². The third-order valence-electron chi connectivity index (χ3n) is 3.08. The maximum Gasteiger partial charge on any atom is 0.0722 e. The lowest BCUT2D eigenvalue weighted by Gasteiger charge is -2.18. The van der Waals surface area contributed by atoms with Gasteiger partial charge in [0.25, 0.3) is 0 Å². The van der Waals surface area contributed by atoms with E-state index in [9.17, 15) is 0 Å². The van der Waals surface area contributed by atoms with E-state index in [-0.39, 0.29) is 0 Å². The topological polar surface area (TPSA) is 24.9 Å². The lowest BCUT2D eigenvalue weighted by Crippen LogP contribution is -2.22. The molecule has 1 heterocycles. The summed E-state index contributed by atoms with van der Waals surface area (Å²) in [4.78, 5) is 4.79. The highest BCUT2D eigenvalue weighted by atomic mass is 79.9. The van der Waals surface area contributed by atoms with Crippen molar-refractivity contribution in [2.24, 2.45) is 0 Å². The van der Waals surface area contributed by atoms with Crippen molar-refractivity contribution in [1.82, 2.24) is 10.3 Å². The van der Waals surface area contributed by atoms with Gasteiger partial charge in [-0.3, -0.25) is 0 Å². The molecule has 2 nitrogen and oxygen atoms in total. The number of benzene rings is 1. The lowest BCUT2D eigenvalue weighted by atomic mass is 10.1. The highest BCUT2D eigenvalue weighted by molar-refractivity contribution is 9.10. The number of nitrogens with zero attached hydrogens (tertiary/aromatic N) is 1. The summed E-state index contributed by atoms with van der Waals surface area (Å²) in [6.45, 7) is 5.40. The summed E-state index contributed by atoms with van der Waals surface area (Å²) in [5.41, 5.74) is 2.18. The second kappa shape index (κ2) is 6.30. The van der Waals surface area contributed by atoms with Gasteiger partial charge in [-0.15, -0.1) is 0 Å². The summed E-state index contributed by atoms with van der Waals surface area (Å²) < 4.78 is 1.09. The van der Waals surface area contributed by atoms with Crippen LogP contribution in [0.5, 0.6) is 0 Å². The number of aromatic nitrogens is 1. The molecule has 0 amide bonds. The monoisotopic (exact) mass is 306 g/mol. The van der Waals surface area contributed by atoms with Crippen LogP contribution in [0.3, 0.4) is 0 Å². The molecule has 0 saturated carbocycles. The molecule has 1 N–H and O–H groups in total. The SMILES string of the molecule is CCCNC(CC)c1nc2ccccc2cc1Br. The minimum Gasteiger partial charge on any atom is -0.309 e. The van der Waals surface area contributed by atoms with Crippen LogP contribution in [0, 0.1) is 0 Å². The van der Waals surface area contributed by atoms with Crippen LogP contribution in [0.15, 0.2) is 34.8 Å². The molecule has 0 aliphatic rings. The van der Waals surface area contributed by atoms with Crippen molar-refractivity contribution in [3.05, 3.63) is 40.5 Å². The Morgan fingerprint density at radius 2 is 2.06 bits per heavy atom. The highest BCUT2D eigenvalue weighted by Gasteiger charge is 2.14. The summed E-state index contributed by atoms with van der Waals surface area (Å²) >= 11 is 3.65. The quantitative estimate of drug-likeness (QED) is 0.883. The molecule has 2 rings (SSSR count). The largest absolute Gasteiger partial charge is 0.309 e. The normalized spacial score (nSPS) is 12.8. The van der Waals surface area contributed by atoms with E-state index in [2.05, 4.69) is 53.3 Å². The summed E-state index contributed by atoms with van der Waals surface area (Å²) in [6, 6.07) is 10.7. The summed E-state index contributed by atoms with van der Waals surface area (Å²) in [5, 5.41) is 4.73. The first-order valence-corrected chi connectivity index (χ1v) is 7.34. The van der Waals surface area contributed by atoms with E-state index >= 15 is 0 Å². The van der Waals surface area contributed by atoms with E-state index in [1.807, 2.05) is 12.1 Å². The Balaban J connectivity index is 2.39. The molecular formula is C15H19BrN2. The van der Waals surface area contributed by atoms with Gasteiger partial charge in [-0.1, -0.05) is 32.0 Å². The van der Waals surface area contributed by atoms with Crippen LogP contribution in [-0.4, -0.2) is 11.5 Å². The predicted octanol–water partition coefficient (Wildman–Crippen LogP) is 4.45. The minimum absolute atomic E-state index is 0.323. The third kappa shape index (κ3) is 2.90. The lowest BCUT2D eigenvalue weighted by molar-refractivity contribution is 0.507. The fraction of sp³-hybridized carbons (Fsp3) is 0.400. The zero-order valence-electron chi connectivity index (χ0n) is 10.9. The third-order valence-corrected chi connectivity index (χ3v) is 3.72. The molecular weight excluding hydrogens is 288 g/mol. The highest BCUT2D eigenvalue weighted by Crippen LogP contribution is 2.27. The van der Waals surface area contributed by atoms with Crippen LogP contribution in [0.1, 0.15) is 38.4 Å². The van der Waals surface area contributed by atoms with E-state index in [1.54, 1.807) is 0 Å². The maximum absolute atomic E-state index is 4.79. The molecule has 3 heteroatoms. The molecule has 0 fully saturated rings. The average Bonchev–Trinajstić information content (AvgIpc) is 2.40. The van der Waals surface area contributed by atoms with Crippen molar-refractivity contribution in [3.8, 4) is 0 Å². The summed E-state index contributed by atoms with van der Waals surface area (Å²) in [5.74, 6) is 0. The second-order valence-corrected chi connectivity index (χ2v) is 5.32. The minimum atomic E-state index is 0.323. The number of hydrogen-bond acceptors (Lipinski definition) is 2. The first-order chi connectivity index (χ1) is 8.76. The molecule has 0 bridgehead atoms. The Bertz CT molecular complexity index is 525. The van der Waals surface area contributed by atoms with Gasteiger partial charge in [-0.2, -0.15) is 0 Å². The molecule has 96 valence electrons. The zero-order valence-corrected chi connectivity index (χ0v) is 12.5. The first kappa shape index (κ1) is 13.5. The Hall–Kier alpha value is -0.930. The van der Waals surface area contributed by atoms with Crippen molar-refractivity contribution in [3.63, 3.8) is 0 Å². The van der Waals surface area contributed by atoms with Crippen LogP contribution >= 0.6 is 15.9 Å². The van der Waals surface area contributed by atoms with Gasteiger partial charge >= 0.3 is 0 Å². The van der Waals surface area contributed by atoms with Crippen molar-refractivity contribution in [1.29, 1.82) is 0 Å². The Kier molecular flexibility index (Phi) is 4.72. The maximum atomic E-state index is 4.79. The number of rotatable bonds is 5. The molecule has 1 atom stereocenters. The van der Waals surface area contributed by atoms with Gasteiger partial charge in [0.1, 0.15) is 0 Å². The molecule has 1 aromatic heterocycles. The molecule has 18 heavy (non-hydrogen) atoms. The molecule has 0 radical (unpaired) electrons. The molecule has 1 aromatic carbocycles. The van der Waals surface area contributed by atoms with E-state index in [4.69, 9.17) is 4.98 Å². The van der Waals surface area contributed by atoms with Gasteiger partial charge in [-0.25, -0.2) is 4.98 Å². The Labute approximate surface area is 117 Å². The number of pyridine rings is 1. The number of hydrogen-bond donors (Lipinski definition) is 1. The van der Waals surface area contributed by atoms with Crippen molar-refractivity contribution < 1.29 is 0 Å². The molecule has 0 aliphatic heterocycles. The molecule has 2 aromatic rings. The first-order valence-electron chi connectivity index (χ1n) is 6.54. The number of para-hydroxylation sites is 1. The van der Waals surface area contributed by atoms with Crippen molar-refractivity contribution in [2.75, 3.05) is 6.54 Å². The van der Waals surface area contributed by atoms with Crippen LogP contribution in [0.4, 0.5) is 0 Å². The summed E-state index contributed by atoms with van der Waals surface area (Å²) in [6.07, 6.45) is 2.19.